The molecular formula is C14H11N7O. The summed E-state index contributed by atoms with van der Waals surface area (Å²) >= 11 is 0. The van der Waals surface area contributed by atoms with E-state index in [2.05, 4.69) is 30.9 Å². The van der Waals surface area contributed by atoms with Gasteiger partial charge in [0.25, 0.3) is 0 Å². The summed E-state index contributed by atoms with van der Waals surface area (Å²) in [6, 6.07) is 9.59. The van der Waals surface area contributed by atoms with Gasteiger partial charge in [-0.2, -0.15) is 10.5 Å². The van der Waals surface area contributed by atoms with Gasteiger partial charge in [0, 0.05) is 11.6 Å². The zero-order valence-corrected chi connectivity index (χ0v) is 11.6. The van der Waals surface area contributed by atoms with E-state index in [0.717, 1.165) is 16.6 Å². The Morgan fingerprint density at radius 1 is 1.45 bits per heavy atom. The average molecular weight is 293 g/mol. The first kappa shape index (κ1) is 13.5. The molecule has 0 bridgehead atoms. The molecule has 0 spiro atoms. The van der Waals surface area contributed by atoms with Gasteiger partial charge in [-0.3, -0.25) is 4.98 Å². The van der Waals surface area contributed by atoms with Gasteiger partial charge in [-0.05, 0) is 17.3 Å². The molecule has 0 atom stereocenters. The highest BCUT2D eigenvalue weighted by molar-refractivity contribution is 5.92. The quantitative estimate of drug-likeness (QED) is 0.704. The number of nitriles is 1. The summed E-state index contributed by atoms with van der Waals surface area (Å²) in [6.45, 7) is 0. The number of nitrogens with one attached hydrogen (secondary N) is 2. The lowest BCUT2D eigenvalue weighted by atomic mass is 10.2. The van der Waals surface area contributed by atoms with Crippen LogP contribution in [0, 0.1) is 11.3 Å². The number of methoxy groups -OCH3 is 1. The largest absolute Gasteiger partial charge is 0.495 e. The number of hydrogen-bond donors (Lipinski definition) is 2. The number of hydrogen-bond acceptors (Lipinski definition) is 7. The number of para-hydroxylation sites is 1. The first-order valence-corrected chi connectivity index (χ1v) is 6.35. The van der Waals surface area contributed by atoms with Crippen LogP contribution >= 0.6 is 0 Å². The molecule has 0 aliphatic carbocycles. The maximum absolute atomic E-state index is 9.15. The highest BCUT2D eigenvalue weighted by Crippen LogP contribution is 2.25. The fourth-order valence-corrected chi connectivity index (χ4v) is 1.94. The van der Waals surface area contributed by atoms with Crippen LogP contribution in [0.25, 0.3) is 16.5 Å². The summed E-state index contributed by atoms with van der Waals surface area (Å²) in [6.07, 6.45) is 3.16. The average Bonchev–Trinajstić information content (AvgIpc) is 3.09. The lowest BCUT2D eigenvalue weighted by molar-refractivity contribution is 0.414. The Labute approximate surface area is 125 Å². The van der Waals surface area contributed by atoms with Crippen LogP contribution in [-0.2, 0) is 0 Å². The summed E-state index contributed by atoms with van der Waals surface area (Å²) in [5, 5.41) is 26.4. The molecule has 2 N–H and O–H groups in total. The van der Waals surface area contributed by atoms with E-state index in [0.29, 0.717) is 5.75 Å². The van der Waals surface area contributed by atoms with Gasteiger partial charge in [0.2, 0.25) is 5.82 Å². The molecule has 3 rings (SSSR count). The van der Waals surface area contributed by atoms with Gasteiger partial charge >= 0.3 is 0 Å². The highest BCUT2D eigenvalue weighted by Gasteiger charge is 2.07. The van der Waals surface area contributed by atoms with E-state index in [1.165, 1.54) is 6.20 Å². The van der Waals surface area contributed by atoms with Crippen molar-refractivity contribution in [2.45, 2.75) is 0 Å². The molecule has 0 aliphatic rings. The summed E-state index contributed by atoms with van der Waals surface area (Å²) in [7, 11) is 1.60. The number of H-pyrrole nitrogens is 1. The van der Waals surface area contributed by atoms with Crippen LogP contribution in [0.2, 0.25) is 0 Å². The number of pyridine rings is 1. The minimum absolute atomic E-state index is 0.227. The second kappa shape index (κ2) is 5.88. The SMILES string of the molecule is COc1cnc2c(NC=C(C#N)c3nn[nH]n3)cccc2c1. The van der Waals surface area contributed by atoms with Crippen LogP contribution in [0.4, 0.5) is 5.69 Å². The number of aromatic amines is 1. The third-order valence-corrected chi connectivity index (χ3v) is 3.00. The van der Waals surface area contributed by atoms with Crippen LogP contribution in [0.5, 0.6) is 5.75 Å². The number of allylic oxidation sites excluding steroid dienone is 1. The predicted molar refractivity (Wildman–Crippen MR) is 79.7 cm³/mol. The van der Waals surface area contributed by atoms with Crippen LogP contribution in [0.3, 0.4) is 0 Å². The van der Waals surface area contributed by atoms with Crippen molar-refractivity contribution in [1.82, 2.24) is 25.6 Å². The van der Waals surface area contributed by atoms with Crippen molar-refractivity contribution < 1.29 is 4.74 Å². The minimum atomic E-state index is 0.227. The first-order chi connectivity index (χ1) is 10.8. The van der Waals surface area contributed by atoms with Gasteiger partial charge in [0.1, 0.15) is 17.4 Å². The highest BCUT2D eigenvalue weighted by atomic mass is 16.5. The van der Waals surface area contributed by atoms with E-state index in [4.69, 9.17) is 10.00 Å². The predicted octanol–water partition coefficient (Wildman–Crippen LogP) is 1.73. The first-order valence-electron chi connectivity index (χ1n) is 6.35. The van der Waals surface area contributed by atoms with Crippen molar-refractivity contribution in [1.29, 1.82) is 5.26 Å². The standard InChI is InChI=1S/C14H11N7O/c1-22-11-5-9-3-2-4-12(13(9)17-8-11)16-7-10(6-15)14-18-20-21-19-14/h2-5,7-8,16H,1H3,(H,18,19,20,21). The van der Waals surface area contributed by atoms with Crippen LogP contribution in [0.15, 0.2) is 36.7 Å². The fourth-order valence-electron chi connectivity index (χ4n) is 1.94. The molecule has 0 radical (unpaired) electrons. The lowest BCUT2D eigenvalue weighted by Crippen LogP contribution is -1.95. The van der Waals surface area contributed by atoms with E-state index in [1.54, 1.807) is 13.3 Å². The van der Waals surface area contributed by atoms with Crippen molar-refractivity contribution >= 4 is 22.2 Å². The normalized spacial score (nSPS) is 11.2. The molecule has 8 heteroatoms. The summed E-state index contributed by atoms with van der Waals surface area (Å²) < 4.78 is 5.16. The third kappa shape index (κ3) is 2.55. The number of aromatic nitrogens is 5. The molecule has 0 saturated heterocycles. The Morgan fingerprint density at radius 3 is 3.09 bits per heavy atom. The summed E-state index contributed by atoms with van der Waals surface area (Å²) in [4.78, 5) is 4.37. The Kier molecular flexibility index (Phi) is 3.61. The summed E-state index contributed by atoms with van der Waals surface area (Å²) in [5.41, 5.74) is 1.79. The van der Waals surface area contributed by atoms with Gasteiger partial charge < -0.3 is 10.1 Å². The van der Waals surface area contributed by atoms with E-state index in [9.17, 15) is 0 Å². The van der Waals surface area contributed by atoms with E-state index < -0.39 is 0 Å². The molecule has 0 amide bonds. The Hall–Kier alpha value is -3.47. The van der Waals surface area contributed by atoms with Crippen molar-refractivity contribution in [2.75, 3.05) is 12.4 Å². The smallest absolute Gasteiger partial charge is 0.216 e. The molecule has 0 unspecified atom stereocenters. The number of rotatable bonds is 4. The molecule has 0 saturated carbocycles. The number of fused-ring (bicyclic) bond motifs is 1. The second-order valence-corrected chi connectivity index (χ2v) is 4.30. The molecule has 3 aromatic rings. The number of nitrogens with zero attached hydrogens (tertiary/aromatic N) is 5. The molecular weight excluding hydrogens is 282 g/mol. The molecule has 0 fully saturated rings. The molecule has 1 aromatic carbocycles. The van der Waals surface area contributed by atoms with Gasteiger partial charge in [-0.15, -0.1) is 10.2 Å². The molecule has 2 aromatic heterocycles. The van der Waals surface area contributed by atoms with Crippen LogP contribution < -0.4 is 10.1 Å². The van der Waals surface area contributed by atoms with Crippen molar-refractivity contribution in [3.8, 4) is 11.8 Å². The van der Waals surface area contributed by atoms with Crippen molar-refractivity contribution in [3.63, 3.8) is 0 Å². The Morgan fingerprint density at radius 2 is 2.36 bits per heavy atom. The molecule has 108 valence electrons. The van der Waals surface area contributed by atoms with Crippen LogP contribution in [0.1, 0.15) is 5.82 Å². The molecule has 22 heavy (non-hydrogen) atoms. The molecule has 8 nitrogen and oxygen atoms in total. The monoisotopic (exact) mass is 293 g/mol. The van der Waals surface area contributed by atoms with E-state index >= 15 is 0 Å². The number of benzene rings is 1. The second-order valence-electron chi connectivity index (χ2n) is 4.30. The zero-order chi connectivity index (χ0) is 15.4. The Balaban J connectivity index is 1.96. The number of anilines is 1. The topological polar surface area (TPSA) is 112 Å². The van der Waals surface area contributed by atoms with Gasteiger partial charge in [0.15, 0.2) is 0 Å². The lowest BCUT2D eigenvalue weighted by Gasteiger charge is -2.07. The van der Waals surface area contributed by atoms with Crippen molar-refractivity contribution in [3.05, 3.63) is 42.5 Å². The zero-order valence-electron chi connectivity index (χ0n) is 11.6. The molecule has 2 heterocycles. The van der Waals surface area contributed by atoms with Gasteiger partial charge in [-0.25, -0.2) is 0 Å². The van der Waals surface area contributed by atoms with Crippen LogP contribution in [-0.4, -0.2) is 32.7 Å². The van der Waals surface area contributed by atoms with Crippen molar-refractivity contribution in [2.24, 2.45) is 0 Å². The fraction of sp³-hybridized carbons (Fsp3) is 0.0714. The minimum Gasteiger partial charge on any atom is -0.495 e. The van der Waals surface area contributed by atoms with E-state index in [-0.39, 0.29) is 11.4 Å². The maximum Gasteiger partial charge on any atom is 0.216 e. The summed E-state index contributed by atoms with van der Waals surface area (Å²) in [5.74, 6) is 0.912. The van der Waals surface area contributed by atoms with E-state index in [1.807, 2.05) is 30.3 Å². The van der Waals surface area contributed by atoms with Gasteiger partial charge in [0.05, 0.1) is 24.5 Å². The third-order valence-electron chi connectivity index (χ3n) is 3.00. The Bertz CT molecular complexity index is 865. The molecule has 0 aliphatic heterocycles. The number of ether oxygens (including phenoxy) is 1. The maximum atomic E-state index is 9.15. The van der Waals surface area contributed by atoms with Gasteiger partial charge in [-0.1, -0.05) is 12.1 Å². The number of tetrazole rings is 1.